The quantitative estimate of drug-likeness (QED) is 0.0285. The molecule has 0 fully saturated rings. The first-order chi connectivity index (χ1) is 29.1. The zero-order chi connectivity index (χ0) is 44.2. The molecule has 8 nitrogen and oxygen atoms in total. The van der Waals surface area contributed by atoms with Gasteiger partial charge in [-0.15, -0.1) is 0 Å². The van der Waals surface area contributed by atoms with Crippen LogP contribution in [0.3, 0.4) is 0 Å². The number of quaternary nitrogens is 1. The van der Waals surface area contributed by atoms with Crippen molar-refractivity contribution in [1.29, 1.82) is 0 Å². The van der Waals surface area contributed by atoms with E-state index < -0.39 is 24.1 Å². The Labute approximate surface area is 366 Å². The number of carbonyl (C=O) groups is 3. The molecule has 0 radical (unpaired) electrons. The average molecular weight is 835 g/mol. The minimum absolute atomic E-state index is 0.0203. The molecule has 0 heterocycles. The Morgan fingerprint density at radius 2 is 0.917 bits per heavy atom. The minimum Gasteiger partial charge on any atom is -0.477 e. The topological polar surface area (TPSA) is 99.1 Å². The van der Waals surface area contributed by atoms with Crippen LogP contribution in [0.5, 0.6) is 0 Å². The number of rotatable bonds is 39. The molecule has 2 unspecified atom stereocenters. The zero-order valence-corrected chi connectivity index (χ0v) is 38.4. The maximum Gasteiger partial charge on any atom is 0.362 e. The summed E-state index contributed by atoms with van der Waals surface area (Å²) in [6, 6.07) is -0.636. The largest absolute Gasteiger partial charge is 0.477 e. The molecule has 0 saturated heterocycles. The summed E-state index contributed by atoms with van der Waals surface area (Å²) < 4.78 is 17.2. The van der Waals surface area contributed by atoms with E-state index in [-0.39, 0.29) is 36.7 Å². The summed E-state index contributed by atoms with van der Waals surface area (Å²) in [5.74, 6) is -1.60. The fourth-order valence-electron chi connectivity index (χ4n) is 5.95. The maximum absolute atomic E-state index is 12.7. The summed E-state index contributed by atoms with van der Waals surface area (Å²) in [5, 5.41) is 9.63. The molecule has 0 amide bonds. The SMILES string of the molecule is CC/C=C/C/C=C/C/C=C/C/C=C/C/C=C/CCC(=O)OC(COCCC(C(=O)O)[N+](C)(C)C)COC(=O)CCCCCCCCC/C=C/C/C=C/C/C=C/C/C=C/CC. The van der Waals surface area contributed by atoms with Gasteiger partial charge in [0.2, 0.25) is 0 Å². The van der Waals surface area contributed by atoms with Crippen LogP contribution in [0.15, 0.2) is 109 Å². The third-order valence-corrected chi connectivity index (χ3v) is 9.43. The van der Waals surface area contributed by atoms with E-state index in [1.165, 1.54) is 19.3 Å². The summed E-state index contributed by atoms with van der Waals surface area (Å²) in [4.78, 5) is 37.0. The maximum atomic E-state index is 12.7. The highest BCUT2D eigenvalue weighted by Gasteiger charge is 2.31. The van der Waals surface area contributed by atoms with E-state index in [1.807, 2.05) is 33.3 Å². The molecular formula is C52H84NO7+. The van der Waals surface area contributed by atoms with E-state index in [2.05, 4.69) is 111 Å². The lowest BCUT2D eigenvalue weighted by Gasteiger charge is -2.31. The molecule has 0 spiro atoms. The Balaban J connectivity index is 4.45. The number of aliphatic carboxylic acids is 1. The lowest BCUT2D eigenvalue weighted by molar-refractivity contribution is -0.887. The van der Waals surface area contributed by atoms with E-state index in [0.717, 1.165) is 89.9 Å². The van der Waals surface area contributed by atoms with Crippen LogP contribution in [-0.4, -0.2) is 80.6 Å². The van der Waals surface area contributed by atoms with E-state index in [9.17, 15) is 19.5 Å². The average Bonchev–Trinajstić information content (AvgIpc) is 3.21. The van der Waals surface area contributed by atoms with Crippen molar-refractivity contribution in [3.8, 4) is 0 Å². The minimum atomic E-state index is -0.893. The van der Waals surface area contributed by atoms with Crippen molar-refractivity contribution in [2.24, 2.45) is 0 Å². The zero-order valence-electron chi connectivity index (χ0n) is 38.4. The van der Waals surface area contributed by atoms with E-state index in [1.54, 1.807) is 0 Å². The normalized spacial score (nSPS) is 13.9. The van der Waals surface area contributed by atoms with Gasteiger partial charge in [0.25, 0.3) is 0 Å². The molecule has 0 bridgehead atoms. The molecule has 8 heteroatoms. The Morgan fingerprint density at radius 3 is 1.37 bits per heavy atom. The standard InChI is InChI=1S/C52H83NO7/c1-6-8-10-12-14-16-18-20-22-24-25-26-27-29-30-32-34-36-38-40-42-50(54)59-47-48(46-58-45-44-49(52(56)57)53(3,4)5)60-51(55)43-41-39-37-35-33-31-28-23-21-19-17-15-13-11-9-7-2/h8-11,14-17,20-23,25-26,31,33,37,39,48-49H,6-7,12-13,18-19,24,27-30,32,34-36,38,40-47H2,1-5H3/p+1/b10-8+,11-9+,16-14+,17-15+,22-20+,23-21+,26-25+,33-31+,39-37+. The van der Waals surface area contributed by atoms with Gasteiger partial charge in [0.05, 0.1) is 34.4 Å². The van der Waals surface area contributed by atoms with Crippen molar-refractivity contribution in [1.82, 2.24) is 0 Å². The molecular weight excluding hydrogens is 751 g/mol. The highest BCUT2D eigenvalue weighted by molar-refractivity contribution is 5.72. The first-order valence-electron chi connectivity index (χ1n) is 22.9. The van der Waals surface area contributed by atoms with Crippen molar-refractivity contribution in [3.63, 3.8) is 0 Å². The van der Waals surface area contributed by atoms with Gasteiger partial charge in [-0.1, -0.05) is 155 Å². The molecule has 338 valence electrons. The van der Waals surface area contributed by atoms with Gasteiger partial charge in [-0.25, -0.2) is 4.79 Å². The van der Waals surface area contributed by atoms with Gasteiger partial charge in [-0.3, -0.25) is 9.59 Å². The Kier molecular flexibility index (Phi) is 38.9. The van der Waals surface area contributed by atoms with Crippen LogP contribution in [0.2, 0.25) is 0 Å². The van der Waals surface area contributed by atoms with Gasteiger partial charge in [-0.2, -0.15) is 0 Å². The molecule has 0 aromatic heterocycles. The first-order valence-corrected chi connectivity index (χ1v) is 22.9. The van der Waals surface area contributed by atoms with Crippen LogP contribution in [0.1, 0.15) is 149 Å². The number of ether oxygens (including phenoxy) is 3. The number of carbonyl (C=O) groups excluding carboxylic acids is 2. The fraction of sp³-hybridized carbons (Fsp3) is 0.596. The molecule has 0 aromatic rings. The monoisotopic (exact) mass is 835 g/mol. The highest BCUT2D eigenvalue weighted by atomic mass is 16.6. The lowest BCUT2D eigenvalue weighted by Crippen LogP contribution is -2.50. The van der Waals surface area contributed by atoms with Gasteiger partial charge < -0.3 is 23.8 Å². The van der Waals surface area contributed by atoms with E-state index >= 15 is 0 Å². The fourth-order valence-corrected chi connectivity index (χ4v) is 5.95. The highest BCUT2D eigenvalue weighted by Crippen LogP contribution is 2.12. The van der Waals surface area contributed by atoms with Crippen LogP contribution in [0.25, 0.3) is 0 Å². The first kappa shape index (κ1) is 56.0. The summed E-state index contributed by atoms with van der Waals surface area (Å²) in [7, 11) is 5.49. The van der Waals surface area contributed by atoms with Gasteiger partial charge in [0, 0.05) is 19.3 Å². The van der Waals surface area contributed by atoms with Gasteiger partial charge >= 0.3 is 17.9 Å². The predicted molar refractivity (Wildman–Crippen MR) is 252 cm³/mol. The third-order valence-electron chi connectivity index (χ3n) is 9.43. The Bertz CT molecular complexity index is 1340. The number of hydrogen-bond donors (Lipinski definition) is 1. The number of hydrogen-bond acceptors (Lipinski definition) is 6. The molecule has 0 saturated carbocycles. The van der Waals surface area contributed by atoms with Crippen molar-refractivity contribution >= 4 is 17.9 Å². The summed E-state index contributed by atoms with van der Waals surface area (Å²) in [6.45, 7) is 4.39. The van der Waals surface area contributed by atoms with Crippen molar-refractivity contribution in [2.45, 2.75) is 161 Å². The number of carboxylic acids is 1. The number of unbranched alkanes of at least 4 members (excludes halogenated alkanes) is 7. The summed E-state index contributed by atoms with van der Waals surface area (Å²) >= 11 is 0. The molecule has 0 aliphatic rings. The molecule has 1 N–H and O–H groups in total. The van der Waals surface area contributed by atoms with Gasteiger partial charge in [-0.05, 0) is 83.5 Å². The number of likely N-dealkylation sites (N-methyl/N-ethyl adjacent to an activating group) is 1. The smallest absolute Gasteiger partial charge is 0.362 e. The van der Waals surface area contributed by atoms with Crippen molar-refractivity contribution in [2.75, 3.05) is 41.0 Å². The molecule has 0 aromatic carbocycles. The van der Waals surface area contributed by atoms with E-state index in [4.69, 9.17) is 14.2 Å². The number of carboxylic acid groups (broad SMARTS) is 1. The van der Waals surface area contributed by atoms with Crippen molar-refractivity contribution < 1.29 is 38.2 Å². The molecule has 0 aliphatic heterocycles. The van der Waals surface area contributed by atoms with Crippen LogP contribution in [0, 0.1) is 0 Å². The van der Waals surface area contributed by atoms with Crippen LogP contribution in [0.4, 0.5) is 0 Å². The number of allylic oxidation sites excluding steroid dienone is 18. The molecule has 60 heavy (non-hydrogen) atoms. The summed E-state index contributed by atoms with van der Waals surface area (Å²) in [5.41, 5.74) is 0. The Morgan fingerprint density at radius 1 is 0.500 bits per heavy atom. The molecule has 0 aliphatic carbocycles. The lowest BCUT2D eigenvalue weighted by atomic mass is 10.1. The second kappa shape index (κ2) is 41.7. The number of esters is 2. The summed E-state index contributed by atoms with van der Waals surface area (Å²) in [6.07, 6.45) is 57.2. The second-order valence-corrected chi connectivity index (χ2v) is 15.9. The van der Waals surface area contributed by atoms with Crippen LogP contribution < -0.4 is 0 Å². The molecule has 2 atom stereocenters. The third kappa shape index (κ3) is 39.5. The van der Waals surface area contributed by atoms with Gasteiger partial charge in [0.15, 0.2) is 12.1 Å². The van der Waals surface area contributed by atoms with E-state index in [0.29, 0.717) is 19.3 Å². The van der Waals surface area contributed by atoms with Crippen molar-refractivity contribution in [3.05, 3.63) is 109 Å². The number of nitrogens with zero attached hydrogens (tertiary/aromatic N) is 1. The van der Waals surface area contributed by atoms with Crippen LogP contribution >= 0.6 is 0 Å². The Hall–Kier alpha value is -4.01. The van der Waals surface area contributed by atoms with Gasteiger partial charge in [0.1, 0.15) is 6.61 Å². The van der Waals surface area contributed by atoms with Crippen LogP contribution in [-0.2, 0) is 28.6 Å². The second-order valence-electron chi connectivity index (χ2n) is 15.9. The predicted octanol–water partition coefficient (Wildman–Crippen LogP) is 12.9. The molecule has 0 rings (SSSR count).